The van der Waals surface area contributed by atoms with Crippen LogP contribution >= 0.6 is 0 Å². The molecule has 3 heteroatoms. The Morgan fingerprint density at radius 1 is 1.89 bits per heavy atom. The first-order valence-electron chi connectivity index (χ1n) is 2.54. The number of carbonyl (C=O) groups is 1. The molecule has 0 amide bonds. The van der Waals surface area contributed by atoms with Crippen LogP contribution < -0.4 is 0 Å². The van der Waals surface area contributed by atoms with Gasteiger partial charge in [0.1, 0.15) is 5.76 Å². The number of ether oxygens (including phenoxy) is 1. The zero-order valence-corrected chi connectivity index (χ0v) is 4.70. The van der Waals surface area contributed by atoms with E-state index in [2.05, 4.69) is 0 Å². The number of aliphatic carboxylic acids is 1. The average Bonchev–Trinajstić information content (AvgIpc) is 2.15. The lowest BCUT2D eigenvalue weighted by molar-refractivity contribution is -0.131. The van der Waals surface area contributed by atoms with E-state index in [4.69, 9.17) is 9.84 Å². The van der Waals surface area contributed by atoms with Crippen molar-refractivity contribution in [2.45, 2.75) is 6.42 Å². The Labute approximate surface area is 52.2 Å². The van der Waals surface area contributed by atoms with Crippen LogP contribution in [0.3, 0.4) is 0 Å². The molecule has 0 aromatic rings. The highest BCUT2D eigenvalue weighted by atomic mass is 16.5. The van der Waals surface area contributed by atoms with Crippen LogP contribution in [0, 0.1) is 0 Å². The molecule has 0 atom stereocenters. The van der Waals surface area contributed by atoms with Gasteiger partial charge >= 0.3 is 5.97 Å². The van der Waals surface area contributed by atoms with Crippen LogP contribution in [0.2, 0.25) is 0 Å². The summed E-state index contributed by atoms with van der Waals surface area (Å²) in [5.74, 6) is -0.476. The third kappa shape index (κ3) is 1.60. The van der Waals surface area contributed by atoms with Crippen LogP contribution in [0.5, 0.6) is 0 Å². The zero-order chi connectivity index (χ0) is 6.69. The van der Waals surface area contributed by atoms with Gasteiger partial charge in [0.15, 0.2) is 0 Å². The summed E-state index contributed by atoms with van der Waals surface area (Å²) in [6.07, 6.45) is 4.88. The monoisotopic (exact) mass is 126 g/mol. The van der Waals surface area contributed by atoms with Gasteiger partial charge in [0, 0.05) is 6.42 Å². The van der Waals surface area contributed by atoms with E-state index in [1.165, 1.54) is 6.26 Å². The first-order valence-corrected chi connectivity index (χ1v) is 2.54. The van der Waals surface area contributed by atoms with Gasteiger partial charge in [-0.05, 0) is 6.08 Å². The Hall–Kier alpha value is -1.25. The molecule has 0 unspecified atom stereocenters. The molecule has 48 valence electrons. The molecule has 1 aliphatic rings. The van der Waals surface area contributed by atoms with Crippen LogP contribution in [-0.4, -0.2) is 11.1 Å². The zero-order valence-electron chi connectivity index (χ0n) is 4.70. The molecule has 0 aromatic carbocycles. The SMILES string of the molecule is O=C(O)C=C1CC=CO1. The lowest BCUT2D eigenvalue weighted by Gasteiger charge is -1.91. The summed E-state index contributed by atoms with van der Waals surface area (Å²) in [5.41, 5.74) is 0. The van der Waals surface area contributed by atoms with Crippen LogP contribution in [0.4, 0.5) is 0 Å². The summed E-state index contributed by atoms with van der Waals surface area (Å²) in [5, 5.41) is 8.19. The summed E-state index contributed by atoms with van der Waals surface area (Å²) in [4.78, 5) is 9.97. The maximum Gasteiger partial charge on any atom is 0.331 e. The first-order chi connectivity index (χ1) is 4.29. The van der Waals surface area contributed by atoms with Gasteiger partial charge in [-0.1, -0.05) is 0 Å². The number of hydrogen-bond acceptors (Lipinski definition) is 2. The molecule has 0 saturated heterocycles. The fourth-order valence-electron chi connectivity index (χ4n) is 0.579. The normalized spacial score (nSPS) is 20.2. The van der Waals surface area contributed by atoms with Crippen molar-refractivity contribution in [1.82, 2.24) is 0 Å². The second-order valence-electron chi connectivity index (χ2n) is 1.64. The largest absolute Gasteiger partial charge is 0.478 e. The molecule has 1 N–H and O–H groups in total. The van der Waals surface area contributed by atoms with Crippen molar-refractivity contribution in [3.63, 3.8) is 0 Å². The summed E-state index contributed by atoms with van der Waals surface area (Å²) in [6.45, 7) is 0. The Kier molecular flexibility index (Phi) is 1.53. The quantitative estimate of drug-likeness (QED) is 0.530. The molecule has 1 heterocycles. The summed E-state index contributed by atoms with van der Waals surface area (Å²) < 4.78 is 4.76. The van der Waals surface area contributed by atoms with Crippen molar-refractivity contribution in [2.75, 3.05) is 0 Å². The van der Waals surface area contributed by atoms with Crippen molar-refractivity contribution < 1.29 is 14.6 Å². The lowest BCUT2D eigenvalue weighted by Crippen LogP contribution is -1.90. The minimum absolute atomic E-state index is 0.488. The summed E-state index contributed by atoms with van der Waals surface area (Å²) in [6, 6.07) is 0. The number of allylic oxidation sites excluding steroid dienone is 1. The summed E-state index contributed by atoms with van der Waals surface area (Å²) >= 11 is 0. The Morgan fingerprint density at radius 2 is 2.67 bits per heavy atom. The van der Waals surface area contributed by atoms with E-state index < -0.39 is 5.97 Å². The molecule has 3 nitrogen and oxygen atoms in total. The number of carboxylic acid groups (broad SMARTS) is 1. The first kappa shape index (κ1) is 5.88. The molecule has 1 aliphatic heterocycles. The van der Waals surface area contributed by atoms with Gasteiger partial charge in [0.25, 0.3) is 0 Å². The van der Waals surface area contributed by atoms with Crippen molar-refractivity contribution in [3.8, 4) is 0 Å². The molecule has 0 aromatic heterocycles. The maximum atomic E-state index is 9.97. The molecule has 0 bridgehead atoms. The molecule has 0 radical (unpaired) electrons. The number of rotatable bonds is 1. The van der Waals surface area contributed by atoms with Gasteiger partial charge in [-0.25, -0.2) is 4.79 Å². The predicted molar refractivity (Wildman–Crippen MR) is 30.6 cm³/mol. The van der Waals surface area contributed by atoms with Crippen molar-refractivity contribution >= 4 is 5.97 Å². The van der Waals surface area contributed by atoms with Crippen LogP contribution in [0.25, 0.3) is 0 Å². The van der Waals surface area contributed by atoms with E-state index in [1.807, 2.05) is 0 Å². The number of carboxylic acids is 1. The maximum absolute atomic E-state index is 9.97. The lowest BCUT2D eigenvalue weighted by atomic mass is 10.3. The van der Waals surface area contributed by atoms with Gasteiger partial charge < -0.3 is 9.84 Å². The molecule has 0 spiro atoms. The van der Waals surface area contributed by atoms with E-state index in [0.717, 1.165) is 6.08 Å². The summed E-state index contributed by atoms with van der Waals surface area (Å²) in [7, 11) is 0. The molecular formula is C6H6O3. The highest BCUT2D eigenvalue weighted by molar-refractivity contribution is 5.80. The predicted octanol–water partition coefficient (Wildman–Crippen LogP) is 0.889. The van der Waals surface area contributed by atoms with Gasteiger partial charge in [-0.15, -0.1) is 0 Å². The van der Waals surface area contributed by atoms with Crippen LogP contribution in [0.15, 0.2) is 24.2 Å². The molecule has 9 heavy (non-hydrogen) atoms. The van der Waals surface area contributed by atoms with E-state index in [9.17, 15) is 4.79 Å². The van der Waals surface area contributed by atoms with Gasteiger partial charge in [0.05, 0.1) is 12.3 Å². The van der Waals surface area contributed by atoms with Crippen LogP contribution in [0.1, 0.15) is 6.42 Å². The second kappa shape index (κ2) is 2.35. The smallest absolute Gasteiger partial charge is 0.331 e. The highest BCUT2D eigenvalue weighted by Crippen LogP contribution is 2.11. The molecular weight excluding hydrogens is 120 g/mol. The highest BCUT2D eigenvalue weighted by Gasteiger charge is 2.02. The Morgan fingerprint density at radius 3 is 3.11 bits per heavy atom. The van der Waals surface area contributed by atoms with Gasteiger partial charge in [0.2, 0.25) is 0 Å². The second-order valence-corrected chi connectivity index (χ2v) is 1.64. The third-order valence-electron chi connectivity index (χ3n) is 0.919. The standard InChI is InChI=1S/C6H6O3/c7-6(8)4-5-2-1-3-9-5/h1,3-4H,2H2,(H,7,8). The number of hydrogen-bond donors (Lipinski definition) is 1. The minimum atomic E-state index is -0.964. The molecule has 0 saturated carbocycles. The van der Waals surface area contributed by atoms with E-state index in [-0.39, 0.29) is 0 Å². The topological polar surface area (TPSA) is 46.5 Å². The fourth-order valence-corrected chi connectivity index (χ4v) is 0.579. The fraction of sp³-hybridized carbons (Fsp3) is 0.167. The Bertz CT molecular complexity index is 169. The molecule has 0 fully saturated rings. The van der Waals surface area contributed by atoms with Crippen LogP contribution in [-0.2, 0) is 9.53 Å². The molecule has 0 aliphatic carbocycles. The third-order valence-corrected chi connectivity index (χ3v) is 0.919. The van der Waals surface area contributed by atoms with Gasteiger partial charge in [-0.2, -0.15) is 0 Å². The van der Waals surface area contributed by atoms with Crippen molar-refractivity contribution in [3.05, 3.63) is 24.2 Å². The van der Waals surface area contributed by atoms with E-state index >= 15 is 0 Å². The van der Waals surface area contributed by atoms with E-state index in [1.54, 1.807) is 6.08 Å². The minimum Gasteiger partial charge on any atom is -0.478 e. The average molecular weight is 126 g/mol. The van der Waals surface area contributed by atoms with Crippen molar-refractivity contribution in [2.24, 2.45) is 0 Å². The Balaban J connectivity index is 2.53. The van der Waals surface area contributed by atoms with Crippen molar-refractivity contribution in [1.29, 1.82) is 0 Å². The van der Waals surface area contributed by atoms with Gasteiger partial charge in [-0.3, -0.25) is 0 Å². The molecule has 1 rings (SSSR count). The van der Waals surface area contributed by atoms with E-state index in [0.29, 0.717) is 12.2 Å².